The van der Waals surface area contributed by atoms with Crippen molar-refractivity contribution < 1.29 is 18.7 Å². The van der Waals surface area contributed by atoms with Crippen molar-refractivity contribution in [2.24, 2.45) is 0 Å². The number of furan rings is 1. The van der Waals surface area contributed by atoms with Crippen LogP contribution in [0, 0.1) is 0 Å². The molecule has 9 nitrogen and oxygen atoms in total. The third-order valence-corrected chi connectivity index (χ3v) is 4.98. The van der Waals surface area contributed by atoms with Gasteiger partial charge in [-0.3, -0.25) is 4.79 Å². The van der Waals surface area contributed by atoms with Gasteiger partial charge in [-0.25, -0.2) is 9.78 Å². The van der Waals surface area contributed by atoms with Crippen LogP contribution in [0.1, 0.15) is 21.7 Å². The molecule has 3 N–H and O–H groups in total. The first kappa shape index (κ1) is 21.4. The zero-order valence-electron chi connectivity index (χ0n) is 17.5. The highest BCUT2D eigenvalue weighted by atomic mass is 16.5. The van der Waals surface area contributed by atoms with Crippen LogP contribution in [-0.2, 0) is 17.8 Å². The lowest BCUT2D eigenvalue weighted by molar-refractivity contribution is 0.0996. The fourth-order valence-electron chi connectivity index (χ4n) is 3.32. The minimum atomic E-state index is -0.327. The summed E-state index contributed by atoms with van der Waals surface area (Å²) in [6.45, 7) is 3.73. The van der Waals surface area contributed by atoms with E-state index in [2.05, 4.69) is 25.8 Å². The van der Waals surface area contributed by atoms with Gasteiger partial charge in [-0.15, -0.1) is 0 Å². The van der Waals surface area contributed by atoms with Crippen molar-refractivity contribution in [3.05, 3.63) is 77.9 Å². The molecule has 3 amide bonds. The molecule has 0 atom stereocenters. The first-order chi connectivity index (χ1) is 15.7. The molecule has 1 fully saturated rings. The van der Waals surface area contributed by atoms with Gasteiger partial charge in [-0.1, -0.05) is 12.1 Å². The molecule has 3 heterocycles. The molecule has 1 aromatic carbocycles. The maximum absolute atomic E-state index is 12.2. The van der Waals surface area contributed by atoms with Crippen LogP contribution in [0.15, 0.2) is 65.4 Å². The first-order valence-electron chi connectivity index (χ1n) is 10.4. The van der Waals surface area contributed by atoms with Gasteiger partial charge in [0.25, 0.3) is 5.91 Å². The number of urea groups is 1. The normalized spacial score (nSPS) is 13.4. The summed E-state index contributed by atoms with van der Waals surface area (Å²) < 4.78 is 10.5. The number of hydrogen-bond donors (Lipinski definition) is 3. The Morgan fingerprint density at radius 2 is 1.75 bits per heavy atom. The molecule has 1 aliphatic rings. The number of morpholine rings is 1. The van der Waals surface area contributed by atoms with E-state index in [1.165, 1.54) is 6.26 Å². The van der Waals surface area contributed by atoms with E-state index < -0.39 is 0 Å². The van der Waals surface area contributed by atoms with Crippen molar-refractivity contribution >= 4 is 23.4 Å². The summed E-state index contributed by atoms with van der Waals surface area (Å²) in [5.41, 5.74) is 2.45. The summed E-state index contributed by atoms with van der Waals surface area (Å²) in [6.07, 6.45) is 3.20. The Kier molecular flexibility index (Phi) is 6.98. The standard InChI is InChI=1S/C23H25N5O4/c29-22(20-5-2-10-32-20)27-19-4-1-3-17(13-19)15-25-23(30)26-16-18-6-7-24-21(14-18)28-8-11-31-12-9-28/h1-7,10,13-14H,8-9,11-12,15-16H2,(H,27,29)(H2,25,26,30). The van der Waals surface area contributed by atoms with E-state index in [1.807, 2.05) is 24.3 Å². The number of pyridine rings is 1. The number of benzene rings is 1. The lowest BCUT2D eigenvalue weighted by Crippen LogP contribution is -2.37. The quantitative estimate of drug-likeness (QED) is 0.527. The SMILES string of the molecule is O=C(NCc1cccc(NC(=O)c2ccco2)c1)NCc1ccnc(N2CCOCC2)c1. The first-order valence-corrected chi connectivity index (χ1v) is 10.4. The Bertz CT molecular complexity index is 1050. The molecular formula is C23H25N5O4. The van der Waals surface area contributed by atoms with Crippen molar-refractivity contribution in [2.75, 3.05) is 36.5 Å². The number of hydrogen-bond acceptors (Lipinski definition) is 6. The van der Waals surface area contributed by atoms with Crippen molar-refractivity contribution in [1.29, 1.82) is 0 Å². The van der Waals surface area contributed by atoms with Crippen molar-refractivity contribution in [3.63, 3.8) is 0 Å². The molecule has 0 saturated carbocycles. The third kappa shape index (κ3) is 5.86. The summed E-state index contributed by atoms with van der Waals surface area (Å²) in [4.78, 5) is 30.9. The third-order valence-electron chi connectivity index (χ3n) is 4.98. The van der Waals surface area contributed by atoms with E-state index in [1.54, 1.807) is 30.5 Å². The number of aromatic nitrogens is 1. The molecule has 0 aliphatic carbocycles. The molecule has 32 heavy (non-hydrogen) atoms. The molecule has 2 aromatic heterocycles. The van der Waals surface area contributed by atoms with Crippen molar-refractivity contribution in [1.82, 2.24) is 15.6 Å². The summed E-state index contributed by atoms with van der Waals surface area (Å²) >= 11 is 0. The van der Waals surface area contributed by atoms with Crippen molar-refractivity contribution in [2.45, 2.75) is 13.1 Å². The second-order valence-corrected chi connectivity index (χ2v) is 7.29. The second kappa shape index (κ2) is 10.5. The highest BCUT2D eigenvalue weighted by Gasteiger charge is 2.13. The Morgan fingerprint density at radius 1 is 0.969 bits per heavy atom. The number of carbonyl (C=O) groups excluding carboxylic acids is 2. The number of anilines is 2. The topological polar surface area (TPSA) is 109 Å². The molecule has 0 bridgehead atoms. The van der Waals surface area contributed by atoms with Gasteiger partial charge < -0.3 is 30.0 Å². The molecule has 0 spiro atoms. The predicted molar refractivity (Wildman–Crippen MR) is 119 cm³/mol. The van der Waals surface area contributed by atoms with Crippen LogP contribution in [0.4, 0.5) is 16.3 Å². The predicted octanol–water partition coefficient (Wildman–Crippen LogP) is 2.76. The molecule has 1 aliphatic heterocycles. The van der Waals surface area contributed by atoms with Gasteiger partial charge in [0.05, 0.1) is 19.5 Å². The zero-order valence-corrected chi connectivity index (χ0v) is 17.5. The molecule has 0 unspecified atom stereocenters. The van der Waals surface area contributed by atoms with E-state index >= 15 is 0 Å². The average molecular weight is 435 g/mol. The Hall–Kier alpha value is -3.85. The number of amides is 3. The second-order valence-electron chi connectivity index (χ2n) is 7.29. The molecule has 166 valence electrons. The Morgan fingerprint density at radius 3 is 2.50 bits per heavy atom. The van der Waals surface area contributed by atoms with Gasteiger partial charge in [-0.2, -0.15) is 0 Å². The van der Waals surface area contributed by atoms with Gasteiger partial charge >= 0.3 is 6.03 Å². The minimum Gasteiger partial charge on any atom is -0.459 e. The van der Waals surface area contributed by atoms with Crippen LogP contribution in [-0.4, -0.2) is 43.2 Å². The smallest absolute Gasteiger partial charge is 0.315 e. The van der Waals surface area contributed by atoms with Gasteiger partial charge in [0, 0.05) is 38.1 Å². The van der Waals surface area contributed by atoms with E-state index in [-0.39, 0.29) is 17.7 Å². The minimum absolute atomic E-state index is 0.237. The number of nitrogens with one attached hydrogen (secondary N) is 3. The largest absolute Gasteiger partial charge is 0.459 e. The fraction of sp³-hybridized carbons (Fsp3) is 0.261. The van der Waals surface area contributed by atoms with Crippen molar-refractivity contribution in [3.8, 4) is 0 Å². The molecular weight excluding hydrogens is 410 g/mol. The number of carbonyl (C=O) groups is 2. The highest BCUT2D eigenvalue weighted by Crippen LogP contribution is 2.15. The van der Waals surface area contributed by atoms with E-state index in [4.69, 9.17) is 9.15 Å². The monoisotopic (exact) mass is 435 g/mol. The maximum Gasteiger partial charge on any atom is 0.315 e. The molecule has 1 saturated heterocycles. The van der Waals surface area contributed by atoms with Gasteiger partial charge in [0.1, 0.15) is 5.82 Å². The molecule has 9 heteroatoms. The van der Waals surface area contributed by atoms with Crippen LogP contribution >= 0.6 is 0 Å². The molecule has 4 rings (SSSR count). The highest BCUT2D eigenvalue weighted by molar-refractivity contribution is 6.02. The van der Waals surface area contributed by atoms with Crippen LogP contribution in [0.5, 0.6) is 0 Å². The lowest BCUT2D eigenvalue weighted by atomic mass is 10.2. The van der Waals surface area contributed by atoms with Crippen LogP contribution < -0.4 is 20.9 Å². The average Bonchev–Trinajstić information content (AvgIpc) is 3.38. The van der Waals surface area contributed by atoms with Crippen LogP contribution in [0.3, 0.4) is 0 Å². The van der Waals surface area contributed by atoms with Gasteiger partial charge in [-0.05, 0) is 47.5 Å². The van der Waals surface area contributed by atoms with E-state index in [9.17, 15) is 9.59 Å². The number of ether oxygens (including phenoxy) is 1. The zero-order chi connectivity index (χ0) is 22.2. The van der Waals surface area contributed by atoms with E-state index in [0.29, 0.717) is 32.0 Å². The summed E-state index contributed by atoms with van der Waals surface area (Å²) in [7, 11) is 0. The molecule has 0 radical (unpaired) electrons. The van der Waals surface area contributed by atoms with Gasteiger partial charge in [0.2, 0.25) is 0 Å². The summed E-state index contributed by atoms with van der Waals surface area (Å²) in [5.74, 6) is 0.800. The van der Waals surface area contributed by atoms with Crippen LogP contribution in [0.25, 0.3) is 0 Å². The Balaban J connectivity index is 1.25. The molecule has 3 aromatic rings. The summed E-state index contributed by atoms with van der Waals surface area (Å²) in [5, 5.41) is 8.47. The number of nitrogens with zero attached hydrogens (tertiary/aromatic N) is 2. The summed E-state index contributed by atoms with van der Waals surface area (Å²) in [6, 6.07) is 14.1. The lowest BCUT2D eigenvalue weighted by Gasteiger charge is -2.28. The maximum atomic E-state index is 12.2. The van der Waals surface area contributed by atoms with Gasteiger partial charge in [0.15, 0.2) is 5.76 Å². The van der Waals surface area contributed by atoms with E-state index in [0.717, 1.165) is 30.0 Å². The Labute approximate surface area is 185 Å². The fourth-order valence-corrected chi connectivity index (χ4v) is 3.32. The number of rotatable bonds is 7. The van der Waals surface area contributed by atoms with Crippen LogP contribution in [0.2, 0.25) is 0 Å².